The number of nitrogen functional groups attached to an aromatic ring is 1. The van der Waals surface area contributed by atoms with Gasteiger partial charge in [0, 0.05) is 0 Å². The number of nitrogens with two attached hydrogens (primary N) is 1. The molecule has 1 aromatic carbocycles. The van der Waals surface area contributed by atoms with Gasteiger partial charge in [-0.05, 0) is 24.6 Å². The molecule has 0 atom stereocenters. The van der Waals surface area contributed by atoms with Gasteiger partial charge in [-0.15, -0.1) is 0 Å². The summed E-state index contributed by atoms with van der Waals surface area (Å²) in [6.45, 7) is 0.769. The normalized spacial score (nSPS) is 11.5. The molecular weight excluding hydrogens is 208 g/mol. The van der Waals surface area contributed by atoms with E-state index in [-0.39, 0.29) is 19.8 Å². The molecule has 0 bridgehead atoms. The third-order valence-electron chi connectivity index (χ3n) is 2.51. The Morgan fingerprint density at radius 2 is 1.75 bits per heavy atom. The summed E-state index contributed by atoms with van der Waals surface area (Å²) in [7, 11) is 0. The maximum absolute atomic E-state index is 9.16. The van der Waals surface area contributed by atoms with Crippen molar-refractivity contribution in [1.82, 2.24) is 0 Å². The van der Waals surface area contributed by atoms with Crippen LogP contribution in [0.25, 0.3) is 0 Å². The first-order chi connectivity index (χ1) is 7.56. The second-order valence-corrected chi connectivity index (χ2v) is 3.97. The molecule has 1 rings (SSSR count). The number of hydrogen-bond donors (Lipinski definition) is 5. The van der Waals surface area contributed by atoms with E-state index in [2.05, 4.69) is 5.32 Å². The molecule has 6 N–H and O–H groups in total. The summed E-state index contributed by atoms with van der Waals surface area (Å²) in [5, 5.41) is 30.3. The second-order valence-electron chi connectivity index (χ2n) is 3.97. The van der Waals surface area contributed by atoms with Crippen molar-refractivity contribution in [2.24, 2.45) is 0 Å². The summed E-state index contributed by atoms with van der Waals surface area (Å²) < 4.78 is 0. The van der Waals surface area contributed by atoms with Gasteiger partial charge in [0.25, 0.3) is 0 Å². The van der Waals surface area contributed by atoms with Crippen LogP contribution >= 0.6 is 0 Å². The first-order valence-electron chi connectivity index (χ1n) is 5.04. The monoisotopic (exact) mass is 226 g/mol. The molecule has 5 heteroatoms. The quantitative estimate of drug-likeness (QED) is 0.444. The molecule has 0 aliphatic heterocycles. The molecule has 0 heterocycles. The zero-order chi connectivity index (χ0) is 12.2. The summed E-state index contributed by atoms with van der Waals surface area (Å²) in [5.41, 5.74) is 6.75. The molecular formula is C11H18N2O3. The lowest BCUT2D eigenvalue weighted by Crippen LogP contribution is -2.49. The van der Waals surface area contributed by atoms with Gasteiger partial charge < -0.3 is 26.4 Å². The summed E-state index contributed by atoms with van der Waals surface area (Å²) in [6, 6.07) is 5.38. The zero-order valence-electron chi connectivity index (χ0n) is 9.27. The number of nitrogens with one attached hydrogen (secondary N) is 1. The zero-order valence-corrected chi connectivity index (χ0v) is 9.27. The van der Waals surface area contributed by atoms with Crippen LogP contribution in [0.2, 0.25) is 0 Å². The van der Waals surface area contributed by atoms with Crippen LogP contribution in [0.4, 0.5) is 11.4 Å². The van der Waals surface area contributed by atoms with Gasteiger partial charge in [0.1, 0.15) is 5.54 Å². The van der Waals surface area contributed by atoms with Crippen LogP contribution in [0.3, 0.4) is 0 Å². The lowest BCUT2D eigenvalue weighted by atomic mass is 10.0. The highest BCUT2D eigenvalue weighted by Gasteiger charge is 2.28. The van der Waals surface area contributed by atoms with E-state index < -0.39 is 5.54 Å². The van der Waals surface area contributed by atoms with Crippen LogP contribution in [-0.4, -0.2) is 40.7 Å². The fourth-order valence-corrected chi connectivity index (χ4v) is 1.35. The van der Waals surface area contributed by atoms with Gasteiger partial charge in [-0.1, -0.05) is 6.07 Å². The van der Waals surface area contributed by atoms with Crippen molar-refractivity contribution >= 4 is 11.4 Å². The number of aliphatic hydroxyl groups is 3. The van der Waals surface area contributed by atoms with Gasteiger partial charge >= 0.3 is 0 Å². The van der Waals surface area contributed by atoms with Gasteiger partial charge in [0.2, 0.25) is 0 Å². The predicted octanol–water partition coefficient (Wildman–Crippen LogP) is -0.295. The van der Waals surface area contributed by atoms with E-state index in [1.165, 1.54) is 0 Å². The molecule has 0 radical (unpaired) electrons. The van der Waals surface area contributed by atoms with Crippen LogP contribution < -0.4 is 11.1 Å². The molecule has 90 valence electrons. The highest BCUT2D eigenvalue weighted by molar-refractivity contribution is 5.68. The molecule has 0 amide bonds. The van der Waals surface area contributed by atoms with Crippen LogP contribution in [-0.2, 0) is 0 Å². The molecule has 0 aliphatic rings. The van der Waals surface area contributed by atoms with Gasteiger partial charge in [0.15, 0.2) is 0 Å². The van der Waals surface area contributed by atoms with Gasteiger partial charge in [-0.2, -0.15) is 0 Å². The summed E-state index contributed by atoms with van der Waals surface area (Å²) in [6.07, 6.45) is 0. The Morgan fingerprint density at radius 3 is 2.19 bits per heavy atom. The highest BCUT2D eigenvalue weighted by atomic mass is 16.3. The van der Waals surface area contributed by atoms with E-state index in [4.69, 9.17) is 21.1 Å². The van der Waals surface area contributed by atoms with E-state index >= 15 is 0 Å². The van der Waals surface area contributed by atoms with E-state index in [0.717, 1.165) is 5.56 Å². The number of aryl methyl sites for hydroxylation is 1. The lowest BCUT2D eigenvalue weighted by molar-refractivity contribution is 0.0834. The van der Waals surface area contributed by atoms with Crippen molar-refractivity contribution in [1.29, 1.82) is 0 Å². The highest BCUT2D eigenvalue weighted by Crippen LogP contribution is 2.23. The summed E-state index contributed by atoms with van der Waals surface area (Å²) in [4.78, 5) is 0. The van der Waals surface area contributed by atoms with Crippen LogP contribution in [0, 0.1) is 6.92 Å². The smallest absolute Gasteiger partial charge is 0.107 e. The Bertz CT molecular complexity index is 343. The van der Waals surface area contributed by atoms with Crippen LogP contribution in [0.15, 0.2) is 18.2 Å². The lowest BCUT2D eigenvalue weighted by Gasteiger charge is -2.30. The van der Waals surface area contributed by atoms with Gasteiger partial charge in [-0.25, -0.2) is 0 Å². The average molecular weight is 226 g/mol. The Labute approximate surface area is 94.5 Å². The molecule has 0 saturated carbocycles. The number of benzene rings is 1. The van der Waals surface area contributed by atoms with E-state index in [1.807, 2.05) is 13.0 Å². The van der Waals surface area contributed by atoms with Crippen LogP contribution in [0.5, 0.6) is 0 Å². The Hall–Kier alpha value is -1.30. The van der Waals surface area contributed by atoms with Crippen molar-refractivity contribution in [2.45, 2.75) is 12.5 Å². The molecule has 0 fully saturated rings. The van der Waals surface area contributed by atoms with Crippen molar-refractivity contribution < 1.29 is 15.3 Å². The SMILES string of the molecule is Cc1ccc(NC(CO)(CO)CO)c(N)c1. The molecule has 0 unspecified atom stereocenters. The standard InChI is InChI=1S/C11H18N2O3/c1-8-2-3-10(9(12)4-8)13-11(5-14,6-15)7-16/h2-4,13-16H,5-7,12H2,1H3. The fraction of sp³-hybridized carbons (Fsp3) is 0.455. The largest absolute Gasteiger partial charge is 0.397 e. The molecule has 0 saturated heterocycles. The third kappa shape index (κ3) is 2.63. The van der Waals surface area contributed by atoms with Crippen molar-refractivity contribution in [3.63, 3.8) is 0 Å². The number of aliphatic hydroxyl groups excluding tert-OH is 3. The van der Waals surface area contributed by atoms with Crippen molar-refractivity contribution in [2.75, 3.05) is 30.9 Å². The van der Waals surface area contributed by atoms with Crippen molar-refractivity contribution in [3.05, 3.63) is 23.8 Å². The predicted molar refractivity (Wildman–Crippen MR) is 63.2 cm³/mol. The maximum atomic E-state index is 9.16. The third-order valence-corrected chi connectivity index (χ3v) is 2.51. The van der Waals surface area contributed by atoms with E-state index in [0.29, 0.717) is 11.4 Å². The van der Waals surface area contributed by atoms with Crippen LogP contribution in [0.1, 0.15) is 5.56 Å². The first-order valence-corrected chi connectivity index (χ1v) is 5.04. The Kier molecular flexibility index (Phi) is 4.12. The maximum Gasteiger partial charge on any atom is 0.107 e. The van der Waals surface area contributed by atoms with E-state index in [1.54, 1.807) is 12.1 Å². The molecule has 1 aromatic rings. The molecule has 5 nitrogen and oxygen atoms in total. The van der Waals surface area contributed by atoms with Crippen molar-refractivity contribution in [3.8, 4) is 0 Å². The topological polar surface area (TPSA) is 98.7 Å². The molecule has 0 aromatic heterocycles. The fourth-order valence-electron chi connectivity index (χ4n) is 1.35. The first kappa shape index (κ1) is 12.8. The number of hydrogen-bond acceptors (Lipinski definition) is 5. The minimum absolute atomic E-state index is 0.382. The Morgan fingerprint density at radius 1 is 1.19 bits per heavy atom. The minimum Gasteiger partial charge on any atom is -0.397 e. The molecule has 16 heavy (non-hydrogen) atoms. The number of rotatable bonds is 5. The van der Waals surface area contributed by atoms with Gasteiger partial charge in [0.05, 0.1) is 31.2 Å². The summed E-state index contributed by atoms with van der Waals surface area (Å²) >= 11 is 0. The second kappa shape index (κ2) is 5.16. The molecule has 0 aliphatic carbocycles. The molecule has 0 spiro atoms. The Balaban J connectivity index is 2.93. The summed E-state index contributed by atoms with van der Waals surface area (Å²) in [5.74, 6) is 0. The number of anilines is 2. The average Bonchev–Trinajstić information content (AvgIpc) is 2.29. The van der Waals surface area contributed by atoms with Gasteiger partial charge in [-0.3, -0.25) is 0 Å². The van der Waals surface area contributed by atoms with E-state index in [9.17, 15) is 0 Å². The minimum atomic E-state index is -1.15.